The van der Waals surface area contributed by atoms with Crippen molar-refractivity contribution in [1.29, 1.82) is 0 Å². The van der Waals surface area contributed by atoms with Crippen molar-refractivity contribution in [3.63, 3.8) is 0 Å². The molecule has 0 saturated carbocycles. The van der Waals surface area contributed by atoms with E-state index in [1.807, 2.05) is 0 Å². The van der Waals surface area contributed by atoms with Gasteiger partial charge in [-0.05, 0) is 23.8 Å². The molecule has 1 heterocycles. The van der Waals surface area contributed by atoms with Gasteiger partial charge in [-0.25, -0.2) is 8.78 Å². The van der Waals surface area contributed by atoms with E-state index in [9.17, 15) is 13.6 Å². The molecule has 3 rings (SSSR count). The van der Waals surface area contributed by atoms with Crippen molar-refractivity contribution in [2.75, 3.05) is 20.3 Å². The Morgan fingerprint density at radius 2 is 1.96 bits per heavy atom. The van der Waals surface area contributed by atoms with E-state index in [1.165, 1.54) is 11.0 Å². The van der Waals surface area contributed by atoms with Crippen LogP contribution in [0, 0.1) is 11.6 Å². The van der Waals surface area contributed by atoms with Crippen molar-refractivity contribution in [2.24, 2.45) is 0 Å². The van der Waals surface area contributed by atoms with Crippen LogP contribution in [0.1, 0.15) is 11.1 Å². The molecule has 1 amide bonds. The van der Waals surface area contributed by atoms with E-state index < -0.39 is 11.6 Å². The zero-order chi connectivity index (χ0) is 18.0. The van der Waals surface area contributed by atoms with Gasteiger partial charge in [0, 0.05) is 25.2 Å². The number of carbonyl (C=O) groups excluding carboxylic acids is 1. The monoisotopic (exact) mass is 367 g/mol. The largest absolute Gasteiger partial charge is 0.486 e. The number of benzene rings is 2. The highest BCUT2D eigenvalue weighted by molar-refractivity contribution is 6.32. The molecule has 2 aromatic rings. The van der Waals surface area contributed by atoms with Crippen LogP contribution in [0.3, 0.4) is 0 Å². The van der Waals surface area contributed by atoms with Crippen LogP contribution in [0.25, 0.3) is 0 Å². The van der Waals surface area contributed by atoms with Gasteiger partial charge >= 0.3 is 0 Å². The van der Waals surface area contributed by atoms with Gasteiger partial charge in [-0.2, -0.15) is 0 Å². The van der Waals surface area contributed by atoms with Gasteiger partial charge in [-0.1, -0.05) is 17.7 Å². The van der Waals surface area contributed by atoms with E-state index in [0.29, 0.717) is 35.3 Å². The van der Waals surface area contributed by atoms with Gasteiger partial charge in [-0.15, -0.1) is 0 Å². The van der Waals surface area contributed by atoms with Crippen molar-refractivity contribution in [2.45, 2.75) is 13.0 Å². The molecule has 0 unspecified atom stereocenters. The zero-order valence-electron chi connectivity index (χ0n) is 13.5. The Morgan fingerprint density at radius 3 is 2.72 bits per heavy atom. The van der Waals surface area contributed by atoms with Crippen molar-refractivity contribution in [3.8, 4) is 11.5 Å². The predicted molar refractivity (Wildman–Crippen MR) is 89.0 cm³/mol. The minimum absolute atomic E-state index is 0.0449. The lowest BCUT2D eigenvalue weighted by atomic mass is 10.1. The summed E-state index contributed by atoms with van der Waals surface area (Å²) in [7, 11) is 1.56. The Labute approximate surface area is 148 Å². The van der Waals surface area contributed by atoms with Crippen LogP contribution in [0.15, 0.2) is 30.3 Å². The molecule has 4 nitrogen and oxygen atoms in total. The van der Waals surface area contributed by atoms with Gasteiger partial charge in [0.2, 0.25) is 5.91 Å². The topological polar surface area (TPSA) is 38.8 Å². The molecule has 0 bridgehead atoms. The van der Waals surface area contributed by atoms with Crippen LogP contribution >= 0.6 is 11.6 Å². The molecule has 1 aliphatic heterocycles. The van der Waals surface area contributed by atoms with Crippen LogP contribution in [0.2, 0.25) is 5.02 Å². The third-order valence-corrected chi connectivity index (χ3v) is 4.14. The van der Waals surface area contributed by atoms with E-state index in [1.54, 1.807) is 19.2 Å². The number of likely N-dealkylation sites (N-methyl/N-ethyl adjacent to an activating group) is 1. The molecule has 7 heteroatoms. The molecular formula is C18H16ClF2NO3. The molecule has 0 aromatic heterocycles. The lowest BCUT2D eigenvalue weighted by molar-refractivity contribution is -0.129. The van der Waals surface area contributed by atoms with Crippen LogP contribution in [0.5, 0.6) is 11.5 Å². The molecule has 0 radical (unpaired) electrons. The first-order valence-corrected chi connectivity index (χ1v) is 8.08. The maximum Gasteiger partial charge on any atom is 0.227 e. The molecule has 1 aliphatic rings. The van der Waals surface area contributed by atoms with E-state index in [2.05, 4.69) is 0 Å². The molecule has 2 aromatic carbocycles. The van der Waals surface area contributed by atoms with Gasteiger partial charge in [0.25, 0.3) is 0 Å². The highest BCUT2D eigenvalue weighted by atomic mass is 35.5. The van der Waals surface area contributed by atoms with Gasteiger partial charge < -0.3 is 14.4 Å². The quantitative estimate of drug-likeness (QED) is 0.829. The van der Waals surface area contributed by atoms with Crippen LogP contribution in [0.4, 0.5) is 8.78 Å². The molecule has 0 spiro atoms. The van der Waals surface area contributed by atoms with Crippen LogP contribution in [-0.2, 0) is 17.8 Å². The Kier molecular flexibility index (Phi) is 5.08. The second-order valence-corrected chi connectivity index (χ2v) is 6.17. The third-order valence-electron chi connectivity index (χ3n) is 3.86. The standard InChI is InChI=1S/C18H16ClF2NO3/c1-22(10-12-2-3-13(20)9-15(12)21)17(23)8-11-6-14(19)18-16(7-11)24-4-5-25-18/h2-3,6-7,9H,4-5,8,10H2,1H3. The first kappa shape index (κ1) is 17.5. The first-order chi connectivity index (χ1) is 11.9. The van der Waals surface area contributed by atoms with Crippen molar-refractivity contribution >= 4 is 17.5 Å². The second-order valence-electron chi connectivity index (χ2n) is 5.76. The smallest absolute Gasteiger partial charge is 0.227 e. The fourth-order valence-electron chi connectivity index (χ4n) is 2.57. The summed E-state index contributed by atoms with van der Waals surface area (Å²) in [6.45, 7) is 0.894. The molecule has 132 valence electrons. The number of ether oxygens (including phenoxy) is 2. The average Bonchev–Trinajstić information content (AvgIpc) is 2.57. The minimum Gasteiger partial charge on any atom is -0.486 e. The predicted octanol–water partition coefficient (Wildman–Crippen LogP) is 3.59. The number of hydrogen-bond donors (Lipinski definition) is 0. The molecule has 0 N–H and O–H groups in total. The Morgan fingerprint density at radius 1 is 1.20 bits per heavy atom. The van der Waals surface area contributed by atoms with Crippen LogP contribution < -0.4 is 9.47 Å². The number of hydrogen-bond acceptors (Lipinski definition) is 3. The second kappa shape index (κ2) is 7.27. The summed E-state index contributed by atoms with van der Waals surface area (Å²) in [6.07, 6.45) is 0.0790. The van der Waals surface area contributed by atoms with Gasteiger partial charge in [0.05, 0.1) is 11.4 Å². The molecule has 0 fully saturated rings. The SMILES string of the molecule is CN(Cc1ccc(F)cc1F)C(=O)Cc1cc(Cl)c2c(c1)OCCO2. The number of rotatable bonds is 4. The van der Waals surface area contributed by atoms with Crippen LogP contribution in [-0.4, -0.2) is 31.1 Å². The molecule has 0 aliphatic carbocycles. The summed E-state index contributed by atoms with van der Waals surface area (Å²) < 4.78 is 37.6. The summed E-state index contributed by atoms with van der Waals surface area (Å²) in [5.74, 6) is -0.570. The maximum absolute atomic E-state index is 13.7. The summed E-state index contributed by atoms with van der Waals surface area (Å²) in [5.41, 5.74) is 0.920. The van der Waals surface area contributed by atoms with E-state index in [0.717, 1.165) is 12.1 Å². The maximum atomic E-state index is 13.7. The first-order valence-electron chi connectivity index (χ1n) is 7.70. The zero-order valence-corrected chi connectivity index (χ0v) is 14.3. The summed E-state index contributed by atoms with van der Waals surface area (Å²) in [5, 5.41) is 0.382. The van der Waals surface area contributed by atoms with E-state index in [-0.39, 0.29) is 24.4 Å². The number of nitrogens with zero attached hydrogens (tertiary/aromatic N) is 1. The fourth-order valence-corrected chi connectivity index (χ4v) is 2.86. The number of amides is 1. The highest BCUT2D eigenvalue weighted by Crippen LogP contribution is 2.38. The Balaban J connectivity index is 1.70. The molecule has 0 saturated heterocycles. The van der Waals surface area contributed by atoms with Crippen molar-refractivity contribution in [3.05, 3.63) is 58.1 Å². The van der Waals surface area contributed by atoms with Gasteiger partial charge in [-0.3, -0.25) is 4.79 Å². The molecule has 25 heavy (non-hydrogen) atoms. The normalized spacial score (nSPS) is 12.8. The fraction of sp³-hybridized carbons (Fsp3) is 0.278. The van der Waals surface area contributed by atoms with Gasteiger partial charge in [0.1, 0.15) is 24.8 Å². The van der Waals surface area contributed by atoms with E-state index >= 15 is 0 Å². The lowest BCUT2D eigenvalue weighted by Gasteiger charge is -2.21. The summed E-state index contributed by atoms with van der Waals surface area (Å²) in [6, 6.07) is 6.66. The van der Waals surface area contributed by atoms with Crippen molar-refractivity contribution < 1.29 is 23.0 Å². The summed E-state index contributed by atoms with van der Waals surface area (Å²) in [4.78, 5) is 13.8. The van der Waals surface area contributed by atoms with Gasteiger partial charge in [0.15, 0.2) is 11.5 Å². The number of fused-ring (bicyclic) bond motifs is 1. The number of carbonyl (C=O) groups is 1. The summed E-state index contributed by atoms with van der Waals surface area (Å²) >= 11 is 6.16. The third kappa shape index (κ3) is 4.02. The Bertz CT molecular complexity index is 813. The van der Waals surface area contributed by atoms with Crippen molar-refractivity contribution in [1.82, 2.24) is 4.90 Å². The lowest BCUT2D eigenvalue weighted by Crippen LogP contribution is -2.28. The number of halogens is 3. The molecular weight excluding hydrogens is 352 g/mol. The Hall–Kier alpha value is -2.34. The average molecular weight is 368 g/mol. The highest BCUT2D eigenvalue weighted by Gasteiger charge is 2.19. The van der Waals surface area contributed by atoms with E-state index in [4.69, 9.17) is 21.1 Å². The molecule has 0 atom stereocenters. The minimum atomic E-state index is -0.679.